The number of hydrogen-bond donors (Lipinski definition) is 0. The van der Waals surface area contributed by atoms with Gasteiger partial charge in [0.25, 0.3) is 5.91 Å². The molecule has 2 unspecified atom stereocenters. The molecular weight excluding hydrogens is 523 g/mol. The van der Waals surface area contributed by atoms with Crippen molar-refractivity contribution in [2.24, 2.45) is 0 Å². The molecule has 0 N–H and O–H groups in total. The molecule has 0 radical (unpaired) electrons. The SMILES string of the molecule is CC1(c2ccc(F)cc2)CN(Cc2ccc(COc3cccc4c3CN(C3CCC(=O)CC3=O)C4=O)cc2)CCO1. The molecule has 2 atom stereocenters. The summed E-state index contributed by atoms with van der Waals surface area (Å²) >= 11 is 0. The quantitative estimate of drug-likeness (QED) is 0.390. The topological polar surface area (TPSA) is 76.2 Å². The van der Waals surface area contributed by atoms with Gasteiger partial charge in [0.05, 0.1) is 25.6 Å². The van der Waals surface area contributed by atoms with Crippen molar-refractivity contribution in [3.05, 3.63) is 100 Å². The molecule has 0 spiro atoms. The minimum atomic E-state index is -0.548. The lowest BCUT2D eigenvalue weighted by molar-refractivity contribution is -0.133. The van der Waals surface area contributed by atoms with Crippen molar-refractivity contribution in [1.82, 2.24) is 9.80 Å². The second kappa shape index (κ2) is 11.2. The van der Waals surface area contributed by atoms with E-state index in [1.807, 2.05) is 25.1 Å². The average Bonchev–Trinajstić information content (AvgIpc) is 3.29. The van der Waals surface area contributed by atoms with Crippen molar-refractivity contribution in [3.8, 4) is 5.75 Å². The number of ether oxygens (including phenoxy) is 2. The molecular formula is C33H33FN2O5. The summed E-state index contributed by atoms with van der Waals surface area (Å²) in [5, 5.41) is 0. The van der Waals surface area contributed by atoms with Gasteiger partial charge in [0, 0.05) is 37.2 Å². The number of hydrogen-bond acceptors (Lipinski definition) is 6. The second-order valence-electron chi connectivity index (χ2n) is 11.4. The van der Waals surface area contributed by atoms with Gasteiger partial charge in [-0.15, -0.1) is 0 Å². The first-order valence-electron chi connectivity index (χ1n) is 14.1. The minimum Gasteiger partial charge on any atom is -0.489 e. The van der Waals surface area contributed by atoms with Gasteiger partial charge in [0.2, 0.25) is 0 Å². The Morgan fingerprint density at radius 3 is 2.51 bits per heavy atom. The van der Waals surface area contributed by atoms with Crippen LogP contribution in [0.5, 0.6) is 5.75 Å². The van der Waals surface area contributed by atoms with Gasteiger partial charge in [0.15, 0.2) is 5.78 Å². The number of carbonyl (C=O) groups excluding carboxylic acids is 3. The number of amides is 1. The normalized spacial score (nSPS) is 23.1. The minimum absolute atomic E-state index is 0.0566. The van der Waals surface area contributed by atoms with Gasteiger partial charge in [-0.1, -0.05) is 42.5 Å². The molecule has 7 nitrogen and oxygen atoms in total. The molecule has 1 aliphatic carbocycles. The molecule has 0 bridgehead atoms. The van der Waals surface area contributed by atoms with Crippen LogP contribution < -0.4 is 4.74 Å². The number of carbonyl (C=O) groups is 3. The molecule has 1 saturated heterocycles. The third kappa shape index (κ3) is 5.67. The molecule has 3 aromatic rings. The van der Waals surface area contributed by atoms with Crippen molar-refractivity contribution in [3.63, 3.8) is 0 Å². The molecule has 1 saturated carbocycles. The van der Waals surface area contributed by atoms with Crippen molar-refractivity contribution in [2.75, 3.05) is 19.7 Å². The number of halogens is 1. The van der Waals surface area contributed by atoms with Crippen LogP contribution in [0.4, 0.5) is 4.39 Å². The van der Waals surface area contributed by atoms with E-state index in [2.05, 4.69) is 17.0 Å². The van der Waals surface area contributed by atoms with Crippen LogP contribution in [0.25, 0.3) is 0 Å². The van der Waals surface area contributed by atoms with Crippen LogP contribution >= 0.6 is 0 Å². The van der Waals surface area contributed by atoms with Crippen LogP contribution in [0.15, 0.2) is 66.7 Å². The van der Waals surface area contributed by atoms with Gasteiger partial charge in [-0.25, -0.2) is 4.39 Å². The maximum Gasteiger partial charge on any atom is 0.255 e. The number of nitrogens with zero attached hydrogens (tertiary/aromatic N) is 2. The predicted octanol–water partition coefficient (Wildman–Crippen LogP) is 4.80. The highest BCUT2D eigenvalue weighted by molar-refractivity contribution is 6.07. The summed E-state index contributed by atoms with van der Waals surface area (Å²) in [4.78, 5) is 41.2. The largest absolute Gasteiger partial charge is 0.489 e. The molecule has 3 aromatic carbocycles. The fourth-order valence-electron chi connectivity index (χ4n) is 6.13. The number of benzene rings is 3. The van der Waals surface area contributed by atoms with Crippen LogP contribution in [-0.4, -0.2) is 53.0 Å². The molecule has 6 rings (SSSR count). The first-order valence-corrected chi connectivity index (χ1v) is 14.1. The van der Waals surface area contributed by atoms with E-state index in [-0.39, 0.29) is 29.7 Å². The lowest BCUT2D eigenvalue weighted by Gasteiger charge is -2.41. The summed E-state index contributed by atoms with van der Waals surface area (Å²) in [6.45, 7) is 5.62. The third-order valence-electron chi connectivity index (χ3n) is 8.40. The van der Waals surface area contributed by atoms with Crippen molar-refractivity contribution in [1.29, 1.82) is 0 Å². The van der Waals surface area contributed by atoms with Gasteiger partial charge in [-0.05, 0) is 54.3 Å². The van der Waals surface area contributed by atoms with E-state index in [0.29, 0.717) is 50.5 Å². The Bertz CT molecular complexity index is 1470. The van der Waals surface area contributed by atoms with Gasteiger partial charge in [-0.3, -0.25) is 19.3 Å². The Morgan fingerprint density at radius 2 is 1.76 bits per heavy atom. The number of morpholine rings is 1. The average molecular weight is 557 g/mol. The molecule has 0 aromatic heterocycles. The van der Waals surface area contributed by atoms with Crippen molar-refractivity contribution < 1.29 is 28.2 Å². The lowest BCUT2D eigenvalue weighted by Crippen LogP contribution is -2.47. The number of rotatable bonds is 7. The highest BCUT2D eigenvalue weighted by atomic mass is 19.1. The number of ketones is 2. The second-order valence-corrected chi connectivity index (χ2v) is 11.4. The van der Waals surface area contributed by atoms with Crippen molar-refractivity contribution in [2.45, 2.75) is 57.5 Å². The summed E-state index contributed by atoms with van der Waals surface area (Å²) in [7, 11) is 0. The Hall–Kier alpha value is -3.88. The Kier molecular flexibility index (Phi) is 7.45. The summed E-state index contributed by atoms with van der Waals surface area (Å²) in [6.07, 6.45) is 0.619. The highest BCUT2D eigenvalue weighted by Gasteiger charge is 2.40. The Labute approximate surface area is 238 Å². The van der Waals surface area contributed by atoms with Gasteiger partial charge < -0.3 is 14.4 Å². The lowest BCUT2D eigenvalue weighted by atomic mass is 9.92. The molecule has 212 valence electrons. The van der Waals surface area contributed by atoms with E-state index >= 15 is 0 Å². The number of fused-ring (bicyclic) bond motifs is 1. The molecule has 2 fully saturated rings. The first-order chi connectivity index (χ1) is 19.8. The zero-order valence-electron chi connectivity index (χ0n) is 23.1. The van der Waals surface area contributed by atoms with E-state index in [1.165, 1.54) is 17.7 Å². The fourth-order valence-corrected chi connectivity index (χ4v) is 6.13. The molecule has 41 heavy (non-hydrogen) atoms. The highest BCUT2D eigenvalue weighted by Crippen LogP contribution is 2.35. The van der Waals surface area contributed by atoms with Crippen LogP contribution in [-0.2, 0) is 39.6 Å². The summed E-state index contributed by atoms with van der Waals surface area (Å²) in [5.74, 6) is -0.0341. The van der Waals surface area contributed by atoms with E-state index in [9.17, 15) is 18.8 Å². The standard InChI is InChI=1S/C33H33FN2O5/c1-33(24-9-11-25(34)12-10-24)21-35(15-16-41-33)18-22-5-7-23(8-6-22)20-40-31-4-2-3-27-28(31)19-36(32(27)39)29-14-13-26(37)17-30(29)38/h2-12,29H,13-21H2,1H3. The van der Waals surface area contributed by atoms with E-state index in [0.717, 1.165) is 29.8 Å². The summed E-state index contributed by atoms with van der Waals surface area (Å²) in [6, 6.07) is 19.7. The Morgan fingerprint density at radius 1 is 1.00 bits per heavy atom. The molecule has 3 aliphatic rings. The van der Waals surface area contributed by atoms with Crippen LogP contribution in [0.1, 0.15) is 58.8 Å². The molecule has 1 amide bonds. The first kappa shape index (κ1) is 27.3. The smallest absolute Gasteiger partial charge is 0.255 e. The monoisotopic (exact) mass is 556 g/mol. The Balaban J connectivity index is 1.07. The molecule has 8 heteroatoms. The van der Waals surface area contributed by atoms with Crippen molar-refractivity contribution >= 4 is 17.5 Å². The maximum atomic E-state index is 13.4. The number of Topliss-reactive ketones (excluding diaryl/α,β-unsaturated/α-hetero) is 2. The van der Waals surface area contributed by atoms with Gasteiger partial charge in [-0.2, -0.15) is 0 Å². The van der Waals surface area contributed by atoms with Crippen LogP contribution in [0, 0.1) is 5.82 Å². The van der Waals surface area contributed by atoms with Crippen LogP contribution in [0.2, 0.25) is 0 Å². The van der Waals surface area contributed by atoms with Gasteiger partial charge >= 0.3 is 0 Å². The molecule has 2 aliphatic heterocycles. The van der Waals surface area contributed by atoms with E-state index < -0.39 is 11.6 Å². The fraction of sp³-hybridized carbons (Fsp3) is 0.364. The van der Waals surface area contributed by atoms with E-state index in [1.54, 1.807) is 29.2 Å². The summed E-state index contributed by atoms with van der Waals surface area (Å²) < 4.78 is 25.7. The van der Waals surface area contributed by atoms with Gasteiger partial charge in [0.1, 0.15) is 29.6 Å². The van der Waals surface area contributed by atoms with E-state index in [4.69, 9.17) is 9.47 Å². The third-order valence-corrected chi connectivity index (χ3v) is 8.40. The maximum absolute atomic E-state index is 13.4. The summed E-state index contributed by atoms with van der Waals surface area (Å²) in [5.41, 5.74) is 4.00. The molecule has 2 heterocycles. The predicted molar refractivity (Wildman–Crippen MR) is 150 cm³/mol. The van der Waals surface area contributed by atoms with Crippen LogP contribution in [0.3, 0.4) is 0 Å². The zero-order chi connectivity index (χ0) is 28.6. The zero-order valence-corrected chi connectivity index (χ0v) is 23.1.